The fourth-order valence-electron chi connectivity index (χ4n) is 2.14. The fraction of sp³-hybridized carbons (Fsp3) is 0.357. The third kappa shape index (κ3) is 3.40. The number of nitrogens with zero attached hydrogens (tertiary/aromatic N) is 3. The van der Waals surface area contributed by atoms with Crippen LogP contribution < -0.4 is 5.32 Å². The number of nitro benzene ring substituents is 1. The molecule has 7 heteroatoms. The minimum absolute atomic E-state index is 0.00463. The molecule has 1 N–H and O–H groups in total. The van der Waals surface area contributed by atoms with Crippen molar-refractivity contribution in [3.05, 3.63) is 57.1 Å². The Labute approximate surface area is 126 Å². The molecule has 0 unspecified atom stereocenters. The van der Waals surface area contributed by atoms with E-state index in [1.54, 1.807) is 12.3 Å². The zero-order chi connectivity index (χ0) is 14.8. The van der Waals surface area contributed by atoms with Gasteiger partial charge in [0.05, 0.1) is 23.0 Å². The molecule has 0 atom stereocenters. The highest BCUT2D eigenvalue weighted by molar-refractivity contribution is 6.31. The zero-order valence-electron chi connectivity index (χ0n) is 11.3. The van der Waals surface area contributed by atoms with E-state index in [1.165, 1.54) is 25.0 Å². The minimum atomic E-state index is -0.447. The molecule has 1 aromatic heterocycles. The summed E-state index contributed by atoms with van der Waals surface area (Å²) >= 11 is 6.13. The van der Waals surface area contributed by atoms with Gasteiger partial charge in [-0.3, -0.25) is 10.1 Å². The third-order valence-electron chi connectivity index (χ3n) is 3.52. The molecule has 6 nitrogen and oxygen atoms in total. The first kappa shape index (κ1) is 14.0. The van der Waals surface area contributed by atoms with Crippen LogP contribution in [-0.2, 0) is 13.1 Å². The maximum atomic E-state index is 10.7. The second kappa shape index (κ2) is 5.83. The van der Waals surface area contributed by atoms with Gasteiger partial charge in [0, 0.05) is 30.6 Å². The molecule has 0 amide bonds. The van der Waals surface area contributed by atoms with Crippen molar-refractivity contribution >= 4 is 17.3 Å². The number of hydrogen-bond donors (Lipinski definition) is 1. The quantitative estimate of drug-likeness (QED) is 0.658. The molecule has 1 fully saturated rings. The van der Waals surface area contributed by atoms with E-state index in [1.807, 2.05) is 10.8 Å². The maximum Gasteiger partial charge on any atom is 0.270 e. The van der Waals surface area contributed by atoms with Gasteiger partial charge in [0.2, 0.25) is 0 Å². The Balaban J connectivity index is 1.73. The third-order valence-corrected chi connectivity index (χ3v) is 3.87. The van der Waals surface area contributed by atoms with E-state index in [2.05, 4.69) is 10.3 Å². The van der Waals surface area contributed by atoms with E-state index >= 15 is 0 Å². The summed E-state index contributed by atoms with van der Waals surface area (Å²) in [6.07, 6.45) is 6.11. The summed E-state index contributed by atoms with van der Waals surface area (Å²) < 4.78 is 2.00. The summed E-state index contributed by atoms with van der Waals surface area (Å²) in [5, 5.41) is 14.5. The van der Waals surface area contributed by atoms with Gasteiger partial charge in [-0.25, -0.2) is 4.98 Å². The Morgan fingerprint density at radius 3 is 2.95 bits per heavy atom. The smallest absolute Gasteiger partial charge is 0.270 e. The van der Waals surface area contributed by atoms with Gasteiger partial charge >= 0.3 is 0 Å². The number of hydrogen-bond acceptors (Lipinski definition) is 4. The van der Waals surface area contributed by atoms with Crippen LogP contribution in [0.15, 0.2) is 30.6 Å². The van der Waals surface area contributed by atoms with Gasteiger partial charge in [0.1, 0.15) is 5.82 Å². The van der Waals surface area contributed by atoms with Crippen molar-refractivity contribution in [2.75, 3.05) is 0 Å². The van der Waals surface area contributed by atoms with Crippen molar-refractivity contribution in [1.82, 2.24) is 14.9 Å². The van der Waals surface area contributed by atoms with Crippen molar-refractivity contribution in [1.29, 1.82) is 0 Å². The van der Waals surface area contributed by atoms with Crippen molar-refractivity contribution < 1.29 is 4.92 Å². The molecule has 1 aliphatic rings. The number of nitrogens with one attached hydrogen (secondary N) is 1. The van der Waals surface area contributed by atoms with Crippen LogP contribution >= 0.6 is 11.6 Å². The highest BCUT2D eigenvalue weighted by Crippen LogP contribution is 2.24. The summed E-state index contributed by atoms with van der Waals surface area (Å²) in [5.74, 6) is 0.941. The molecule has 1 aromatic carbocycles. The van der Waals surface area contributed by atoms with E-state index in [-0.39, 0.29) is 5.69 Å². The highest BCUT2D eigenvalue weighted by Gasteiger charge is 2.21. The molecule has 110 valence electrons. The van der Waals surface area contributed by atoms with Crippen LogP contribution in [0.2, 0.25) is 5.02 Å². The average molecular weight is 307 g/mol. The Morgan fingerprint density at radius 2 is 2.29 bits per heavy atom. The lowest BCUT2D eigenvalue weighted by molar-refractivity contribution is -0.384. The van der Waals surface area contributed by atoms with Crippen molar-refractivity contribution in [3.63, 3.8) is 0 Å². The van der Waals surface area contributed by atoms with Gasteiger partial charge in [-0.1, -0.05) is 11.6 Å². The van der Waals surface area contributed by atoms with E-state index < -0.39 is 4.92 Å². The highest BCUT2D eigenvalue weighted by atomic mass is 35.5. The van der Waals surface area contributed by atoms with Crippen LogP contribution in [-0.4, -0.2) is 20.5 Å². The Hall–Kier alpha value is -1.92. The molecule has 0 saturated heterocycles. The van der Waals surface area contributed by atoms with E-state index in [4.69, 9.17) is 11.6 Å². The molecule has 1 saturated carbocycles. The van der Waals surface area contributed by atoms with Crippen LogP contribution in [0.5, 0.6) is 0 Å². The van der Waals surface area contributed by atoms with Crippen molar-refractivity contribution in [2.24, 2.45) is 0 Å². The number of halogens is 1. The van der Waals surface area contributed by atoms with Gasteiger partial charge in [-0.05, 0) is 24.5 Å². The van der Waals surface area contributed by atoms with Crippen LogP contribution in [0, 0.1) is 10.1 Å². The lowest BCUT2D eigenvalue weighted by atomic mass is 10.2. The predicted molar refractivity (Wildman–Crippen MR) is 79.3 cm³/mol. The van der Waals surface area contributed by atoms with Gasteiger partial charge in [0.25, 0.3) is 5.69 Å². The number of benzene rings is 1. The van der Waals surface area contributed by atoms with Gasteiger partial charge in [-0.15, -0.1) is 0 Å². The van der Waals surface area contributed by atoms with Crippen LogP contribution in [0.1, 0.15) is 24.2 Å². The molecular formula is C14H15ClN4O2. The molecule has 0 spiro atoms. The molecule has 0 aliphatic heterocycles. The van der Waals surface area contributed by atoms with Crippen LogP contribution in [0.3, 0.4) is 0 Å². The first-order valence-electron chi connectivity index (χ1n) is 6.79. The SMILES string of the molecule is O=[N+]([O-])c1ccc(Cn2ccnc2CNC2CC2)c(Cl)c1. The molecule has 2 aromatic rings. The molecule has 1 aliphatic carbocycles. The Kier molecular flexibility index (Phi) is 3.90. The normalized spacial score (nSPS) is 14.3. The number of rotatable bonds is 6. The van der Waals surface area contributed by atoms with Gasteiger partial charge in [0.15, 0.2) is 0 Å². The Morgan fingerprint density at radius 1 is 1.48 bits per heavy atom. The summed E-state index contributed by atoms with van der Waals surface area (Å²) in [5.41, 5.74) is 0.845. The monoisotopic (exact) mass is 306 g/mol. The Bertz CT molecular complexity index is 667. The van der Waals surface area contributed by atoms with E-state index in [9.17, 15) is 10.1 Å². The van der Waals surface area contributed by atoms with E-state index in [0.29, 0.717) is 17.6 Å². The largest absolute Gasteiger partial charge is 0.329 e. The maximum absolute atomic E-state index is 10.7. The average Bonchev–Trinajstić information content (AvgIpc) is 3.18. The van der Waals surface area contributed by atoms with Crippen molar-refractivity contribution in [2.45, 2.75) is 32.0 Å². The number of non-ortho nitro benzene ring substituents is 1. The second-order valence-corrected chi connectivity index (χ2v) is 5.57. The number of aromatic nitrogens is 2. The topological polar surface area (TPSA) is 73.0 Å². The zero-order valence-corrected chi connectivity index (χ0v) is 12.1. The summed E-state index contributed by atoms with van der Waals surface area (Å²) in [7, 11) is 0. The molecular weight excluding hydrogens is 292 g/mol. The second-order valence-electron chi connectivity index (χ2n) is 5.16. The predicted octanol–water partition coefficient (Wildman–Crippen LogP) is 2.75. The standard InChI is InChI=1S/C14H15ClN4O2/c15-13-7-12(19(20)21)4-1-10(13)9-18-6-5-16-14(18)8-17-11-2-3-11/h1,4-7,11,17H,2-3,8-9H2. The molecule has 1 heterocycles. The van der Waals surface area contributed by atoms with Crippen LogP contribution in [0.25, 0.3) is 0 Å². The first-order valence-corrected chi connectivity index (χ1v) is 7.17. The molecule has 0 radical (unpaired) electrons. The fourth-order valence-corrected chi connectivity index (χ4v) is 2.37. The lowest BCUT2D eigenvalue weighted by Gasteiger charge is -2.10. The molecule has 21 heavy (non-hydrogen) atoms. The lowest BCUT2D eigenvalue weighted by Crippen LogP contribution is -2.19. The number of imidazole rings is 1. The van der Waals surface area contributed by atoms with Gasteiger partial charge < -0.3 is 9.88 Å². The first-order chi connectivity index (χ1) is 10.1. The molecule has 0 bridgehead atoms. The number of nitro groups is 1. The summed E-state index contributed by atoms with van der Waals surface area (Å²) in [4.78, 5) is 14.6. The summed E-state index contributed by atoms with van der Waals surface area (Å²) in [6, 6.07) is 5.17. The minimum Gasteiger partial charge on any atom is -0.329 e. The summed E-state index contributed by atoms with van der Waals surface area (Å²) in [6.45, 7) is 1.28. The van der Waals surface area contributed by atoms with Crippen LogP contribution in [0.4, 0.5) is 5.69 Å². The van der Waals surface area contributed by atoms with Gasteiger partial charge in [-0.2, -0.15) is 0 Å². The van der Waals surface area contributed by atoms with Crippen molar-refractivity contribution in [3.8, 4) is 0 Å². The molecule has 3 rings (SSSR count). The van der Waals surface area contributed by atoms with E-state index in [0.717, 1.165) is 17.9 Å².